The molecule has 2 heterocycles. The van der Waals surface area contributed by atoms with E-state index in [0.717, 1.165) is 12.0 Å². The third-order valence-electron chi connectivity index (χ3n) is 2.49. The normalized spacial score (nSPS) is 24.9. The van der Waals surface area contributed by atoms with Gasteiger partial charge in [-0.3, -0.25) is 4.68 Å². The fourth-order valence-corrected chi connectivity index (χ4v) is 1.81. The number of hydrogen-bond acceptors (Lipinski definition) is 3. The number of hydrogen-bond donors (Lipinski definition) is 1. The molecule has 1 aliphatic rings. The van der Waals surface area contributed by atoms with Crippen molar-refractivity contribution >= 4 is 18.4 Å². The summed E-state index contributed by atoms with van der Waals surface area (Å²) in [5.74, 6) is -0.947. The van der Waals surface area contributed by atoms with Gasteiger partial charge >= 0.3 is 5.97 Å². The van der Waals surface area contributed by atoms with Crippen LogP contribution in [-0.4, -0.2) is 33.6 Å². The molecule has 0 amide bonds. The molecule has 1 fully saturated rings. The molecule has 1 aliphatic heterocycles. The summed E-state index contributed by atoms with van der Waals surface area (Å²) in [5.41, 5.74) is 0.942. The van der Waals surface area contributed by atoms with Gasteiger partial charge in [0.05, 0.1) is 6.20 Å². The topological polar surface area (TPSA) is 64.3 Å². The molecule has 15 heavy (non-hydrogen) atoms. The van der Waals surface area contributed by atoms with Crippen molar-refractivity contribution in [2.75, 3.05) is 6.61 Å². The van der Waals surface area contributed by atoms with Crippen molar-refractivity contribution in [1.82, 2.24) is 9.78 Å². The van der Waals surface area contributed by atoms with Crippen LogP contribution < -0.4 is 0 Å². The van der Waals surface area contributed by atoms with E-state index in [1.54, 1.807) is 10.9 Å². The van der Waals surface area contributed by atoms with Gasteiger partial charge in [-0.15, -0.1) is 12.4 Å². The Kier molecular flexibility index (Phi) is 3.71. The lowest BCUT2D eigenvalue weighted by Gasteiger charge is -2.11. The Morgan fingerprint density at radius 3 is 3.00 bits per heavy atom. The number of carbonyl (C=O) groups is 1. The van der Waals surface area contributed by atoms with Crippen LogP contribution >= 0.6 is 12.4 Å². The van der Waals surface area contributed by atoms with Gasteiger partial charge in [-0.25, -0.2) is 4.79 Å². The molecule has 0 aliphatic carbocycles. The fraction of sp³-hybridized carbons (Fsp3) is 0.556. The van der Waals surface area contributed by atoms with Crippen molar-refractivity contribution in [2.24, 2.45) is 7.05 Å². The Morgan fingerprint density at radius 2 is 2.47 bits per heavy atom. The summed E-state index contributed by atoms with van der Waals surface area (Å²) < 4.78 is 6.83. The van der Waals surface area contributed by atoms with E-state index in [9.17, 15) is 4.79 Å². The van der Waals surface area contributed by atoms with Gasteiger partial charge in [0, 0.05) is 25.8 Å². The van der Waals surface area contributed by atoms with Gasteiger partial charge in [-0.2, -0.15) is 5.10 Å². The van der Waals surface area contributed by atoms with Gasteiger partial charge in [-0.05, 0) is 12.0 Å². The number of halogens is 1. The molecule has 0 bridgehead atoms. The smallest absolute Gasteiger partial charge is 0.333 e. The maximum atomic E-state index is 10.8. The van der Waals surface area contributed by atoms with Crippen molar-refractivity contribution in [3.05, 3.63) is 18.0 Å². The Labute approximate surface area is 93.4 Å². The monoisotopic (exact) mass is 232 g/mol. The van der Waals surface area contributed by atoms with Gasteiger partial charge in [0.15, 0.2) is 6.10 Å². The first kappa shape index (κ1) is 12.0. The Hall–Kier alpha value is -1.07. The molecule has 1 N–H and O–H groups in total. The van der Waals surface area contributed by atoms with Crippen molar-refractivity contribution < 1.29 is 14.6 Å². The van der Waals surface area contributed by atoms with Gasteiger partial charge in [0.25, 0.3) is 0 Å². The van der Waals surface area contributed by atoms with Crippen LogP contribution in [0.15, 0.2) is 12.4 Å². The number of aliphatic carboxylic acids is 1. The molecule has 84 valence electrons. The second kappa shape index (κ2) is 4.63. The zero-order valence-electron chi connectivity index (χ0n) is 8.29. The molecule has 0 radical (unpaired) electrons. The summed E-state index contributed by atoms with van der Waals surface area (Å²) in [6.07, 6.45) is 3.59. The average Bonchev–Trinajstić information content (AvgIpc) is 2.70. The number of carboxylic acids is 1. The van der Waals surface area contributed by atoms with Gasteiger partial charge in [-0.1, -0.05) is 0 Å². The molecule has 0 spiro atoms. The minimum Gasteiger partial charge on any atom is -0.479 e. The average molecular weight is 233 g/mol. The van der Waals surface area contributed by atoms with E-state index >= 15 is 0 Å². The van der Waals surface area contributed by atoms with Crippen molar-refractivity contribution in [3.63, 3.8) is 0 Å². The van der Waals surface area contributed by atoms with E-state index in [2.05, 4.69) is 5.10 Å². The molecule has 2 rings (SSSR count). The molecule has 0 unspecified atom stereocenters. The van der Waals surface area contributed by atoms with E-state index in [4.69, 9.17) is 9.84 Å². The van der Waals surface area contributed by atoms with Crippen molar-refractivity contribution in [3.8, 4) is 0 Å². The van der Waals surface area contributed by atoms with Crippen molar-refractivity contribution in [2.45, 2.75) is 18.4 Å². The Morgan fingerprint density at radius 1 is 1.73 bits per heavy atom. The molecule has 2 atom stereocenters. The molecule has 0 aromatic carbocycles. The van der Waals surface area contributed by atoms with Crippen LogP contribution in [0.1, 0.15) is 17.9 Å². The van der Waals surface area contributed by atoms with E-state index in [1.165, 1.54) is 0 Å². The summed E-state index contributed by atoms with van der Waals surface area (Å²) in [6, 6.07) is 0. The van der Waals surface area contributed by atoms with Gasteiger partial charge in [0.1, 0.15) is 0 Å². The predicted molar refractivity (Wildman–Crippen MR) is 55.2 cm³/mol. The minimum absolute atomic E-state index is 0. The van der Waals surface area contributed by atoms with E-state index < -0.39 is 12.1 Å². The van der Waals surface area contributed by atoms with Crippen molar-refractivity contribution in [1.29, 1.82) is 0 Å². The minimum atomic E-state index is -0.892. The Balaban J connectivity index is 0.00000112. The third-order valence-corrected chi connectivity index (χ3v) is 2.49. The highest BCUT2D eigenvalue weighted by Crippen LogP contribution is 2.30. The number of aromatic nitrogens is 2. The number of rotatable bonds is 2. The first-order valence-corrected chi connectivity index (χ1v) is 4.51. The lowest BCUT2D eigenvalue weighted by atomic mass is 9.95. The summed E-state index contributed by atoms with van der Waals surface area (Å²) in [5, 5.41) is 12.9. The van der Waals surface area contributed by atoms with Crippen LogP contribution in [0.5, 0.6) is 0 Å². The standard InChI is InChI=1S/C9H12N2O3.ClH/c1-11-5-6(4-10-11)7-2-3-14-8(7)9(12)13;/h4-5,7-8H,2-3H2,1H3,(H,12,13);1H/t7-,8+;/m1./s1. The molecule has 1 aromatic rings. The quantitative estimate of drug-likeness (QED) is 0.819. The maximum Gasteiger partial charge on any atom is 0.333 e. The van der Waals surface area contributed by atoms with Crippen LogP contribution in [0, 0.1) is 0 Å². The summed E-state index contributed by atoms with van der Waals surface area (Å²) >= 11 is 0. The number of nitrogens with zero attached hydrogens (tertiary/aromatic N) is 2. The molecular weight excluding hydrogens is 220 g/mol. The SMILES string of the molecule is Cl.Cn1cc([C@H]2CCO[C@@H]2C(=O)O)cn1. The Bertz CT molecular complexity index is 353. The summed E-state index contributed by atoms with van der Waals surface area (Å²) in [7, 11) is 1.81. The lowest BCUT2D eigenvalue weighted by molar-refractivity contribution is -0.148. The van der Waals surface area contributed by atoms with Crippen LogP contribution in [0.3, 0.4) is 0 Å². The zero-order valence-corrected chi connectivity index (χ0v) is 9.11. The van der Waals surface area contributed by atoms with Crippen LogP contribution in [0.25, 0.3) is 0 Å². The second-order valence-corrected chi connectivity index (χ2v) is 3.47. The molecule has 1 saturated heterocycles. The zero-order chi connectivity index (χ0) is 10.1. The van der Waals surface area contributed by atoms with E-state index in [0.29, 0.717) is 6.61 Å². The highest BCUT2D eigenvalue weighted by atomic mass is 35.5. The molecule has 5 nitrogen and oxygen atoms in total. The van der Waals surface area contributed by atoms with E-state index in [1.807, 2.05) is 13.2 Å². The van der Waals surface area contributed by atoms with Gasteiger partial charge < -0.3 is 9.84 Å². The summed E-state index contributed by atoms with van der Waals surface area (Å²) in [6.45, 7) is 0.510. The predicted octanol–water partition coefficient (Wildman–Crippen LogP) is 0.799. The number of carboxylic acid groups (broad SMARTS) is 1. The van der Waals surface area contributed by atoms with Crippen LogP contribution in [0.4, 0.5) is 0 Å². The molecule has 1 aromatic heterocycles. The largest absolute Gasteiger partial charge is 0.479 e. The number of ether oxygens (including phenoxy) is 1. The number of aryl methyl sites for hydroxylation is 1. The lowest BCUT2D eigenvalue weighted by Crippen LogP contribution is -2.24. The summed E-state index contributed by atoms with van der Waals surface area (Å²) in [4.78, 5) is 10.8. The highest BCUT2D eigenvalue weighted by Gasteiger charge is 2.35. The molecule has 0 saturated carbocycles. The highest BCUT2D eigenvalue weighted by molar-refractivity contribution is 5.85. The third kappa shape index (κ3) is 2.30. The fourth-order valence-electron chi connectivity index (χ4n) is 1.81. The van der Waals surface area contributed by atoms with Gasteiger partial charge in [0.2, 0.25) is 0 Å². The second-order valence-electron chi connectivity index (χ2n) is 3.47. The van der Waals surface area contributed by atoms with E-state index in [-0.39, 0.29) is 18.3 Å². The maximum absolute atomic E-state index is 10.8. The van der Waals surface area contributed by atoms with Crippen LogP contribution in [-0.2, 0) is 16.6 Å². The first-order valence-electron chi connectivity index (χ1n) is 4.51. The van der Waals surface area contributed by atoms with Crippen LogP contribution in [0.2, 0.25) is 0 Å². The molecule has 6 heteroatoms. The molecular formula is C9H13ClN2O3. The first-order chi connectivity index (χ1) is 6.68.